The highest BCUT2D eigenvalue weighted by Crippen LogP contribution is 2.52. The molecule has 2 aromatic carbocycles. The Morgan fingerprint density at radius 2 is 1.71 bits per heavy atom. The summed E-state index contributed by atoms with van der Waals surface area (Å²) >= 11 is 12.6. The Bertz CT molecular complexity index is 1070. The van der Waals surface area contributed by atoms with E-state index in [0.29, 0.717) is 16.5 Å². The van der Waals surface area contributed by atoms with E-state index in [9.17, 15) is 14.4 Å². The van der Waals surface area contributed by atoms with Crippen LogP contribution in [-0.4, -0.2) is 28.8 Å². The first-order chi connectivity index (χ1) is 16.6. The van der Waals surface area contributed by atoms with E-state index in [2.05, 4.69) is 24.7 Å². The van der Waals surface area contributed by atoms with Crippen LogP contribution in [0.5, 0.6) is 0 Å². The second-order valence-electron chi connectivity index (χ2n) is 9.32. The van der Waals surface area contributed by atoms with Gasteiger partial charge in [-0.05, 0) is 54.7 Å². The summed E-state index contributed by atoms with van der Waals surface area (Å²) in [5, 5.41) is 1.22. The Hall–Kier alpha value is -2.77. The Balaban J connectivity index is 2.13. The SMILES string of the molecule is CCC(CC)N1C(=O)[C@](C)(CC(=O)NNC(N)=O)C[C@H](c2cccc(Cl)c2)[C@H]1c1ccc(Cl)cc1. The molecule has 1 heterocycles. The van der Waals surface area contributed by atoms with E-state index in [0.717, 1.165) is 24.0 Å². The van der Waals surface area contributed by atoms with E-state index in [1.807, 2.05) is 60.4 Å². The van der Waals surface area contributed by atoms with Gasteiger partial charge in [-0.1, -0.05) is 68.2 Å². The number of nitrogens with two attached hydrogens (primary N) is 1. The van der Waals surface area contributed by atoms with Crippen LogP contribution in [0.25, 0.3) is 0 Å². The molecular formula is C26H32Cl2N4O3. The van der Waals surface area contributed by atoms with Crippen molar-refractivity contribution < 1.29 is 14.4 Å². The number of carbonyl (C=O) groups is 3. The van der Waals surface area contributed by atoms with Crippen LogP contribution in [0.3, 0.4) is 0 Å². The van der Waals surface area contributed by atoms with Crippen molar-refractivity contribution in [3.05, 3.63) is 69.7 Å². The lowest BCUT2D eigenvalue weighted by Gasteiger charge is -2.52. The highest BCUT2D eigenvalue weighted by atomic mass is 35.5. The van der Waals surface area contributed by atoms with Gasteiger partial charge in [0.05, 0.1) is 11.5 Å². The summed E-state index contributed by atoms with van der Waals surface area (Å²) in [6.07, 6.45) is 1.84. The number of hydrogen-bond acceptors (Lipinski definition) is 3. The maximum Gasteiger partial charge on any atom is 0.330 e. The zero-order valence-electron chi connectivity index (χ0n) is 20.2. The molecule has 1 saturated heterocycles. The van der Waals surface area contributed by atoms with Gasteiger partial charge in [0.1, 0.15) is 0 Å². The highest BCUT2D eigenvalue weighted by Gasteiger charge is 2.51. The van der Waals surface area contributed by atoms with Crippen LogP contribution in [0.2, 0.25) is 10.0 Å². The minimum Gasteiger partial charge on any atom is -0.350 e. The fraction of sp³-hybridized carbons (Fsp3) is 0.423. The number of likely N-dealkylation sites (tertiary alicyclic amines) is 1. The summed E-state index contributed by atoms with van der Waals surface area (Å²) < 4.78 is 0. The number of benzene rings is 2. The predicted molar refractivity (Wildman–Crippen MR) is 138 cm³/mol. The standard InChI is InChI=1S/C26H32Cl2N4O3/c1-4-20(5-2)32-23(16-9-11-18(27)12-10-16)21(17-7-6-8-19(28)13-17)14-26(3,24(32)34)15-22(33)30-31-25(29)35/h6-13,20-21,23H,4-5,14-15H2,1-3H3,(H,30,33)(H3,29,31,35)/t21-,23-,26+/m1/s1. The Morgan fingerprint density at radius 1 is 1.06 bits per heavy atom. The Kier molecular flexibility index (Phi) is 8.67. The number of urea groups is 1. The maximum absolute atomic E-state index is 14.2. The molecule has 2 aromatic rings. The Morgan fingerprint density at radius 3 is 2.29 bits per heavy atom. The molecule has 0 radical (unpaired) electrons. The lowest BCUT2D eigenvalue weighted by atomic mass is 9.66. The fourth-order valence-corrected chi connectivity index (χ4v) is 5.48. The normalized spacial score (nSPS) is 22.2. The van der Waals surface area contributed by atoms with Crippen LogP contribution in [0.15, 0.2) is 48.5 Å². The molecule has 0 aromatic heterocycles. The summed E-state index contributed by atoms with van der Waals surface area (Å²) in [6.45, 7) is 5.93. The summed E-state index contributed by atoms with van der Waals surface area (Å²) in [4.78, 5) is 39.8. The van der Waals surface area contributed by atoms with Crippen molar-refractivity contribution >= 4 is 41.0 Å². The van der Waals surface area contributed by atoms with Gasteiger partial charge in [0.2, 0.25) is 11.8 Å². The number of piperidine rings is 1. The lowest BCUT2D eigenvalue weighted by Crippen LogP contribution is -2.57. The first-order valence-corrected chi connectivity index (χ1v) is 12.5. The van der Waals surface area contributed by atoms with Crippen molar-refractivity contribution in [3.8, 4) is 0 Å². The third-order valence-electron chi connectivity index (χ3n) is 6.80. The molecule has 7 nitrogen and oxygen atoms in total. The largest absolute Gasteiger partial charge is 0.350 e. The van der Waals surface area contributed by atoms with Crippen molar-refractivity contribution in [1.29, 1.82) is 0 Å². The summed E-state index contributed by atoms with van der Waals surface area (Å²) in [7, 11) is 0. The van der Waals surface area contributed by atoms with Crippen LogP contribution < -0.4 is 16.6 Å². The van der Waals surface area contributed by atoms with E-state index in [1.165, 1.54) is 0 Å². The molecule has 0 unspecified atom stereocenters. The fourth-order valence-electron chi connectivity index (χ4n) is 5.16. The molecule has 1 aliphatic rings. The van der Waals surface area contributed by atoms with Crippen LogP contribution in [0, 0.1) is 5.41 Å². The molecule has 188 valence electrons. The van der Waals surface area contributed by atoms with E-state index in [4.69, 9.17) is 28.9 Å². The Labute approximate surface area is 216 Å². The van der Waals surface area contributed by atoms with Gasteiger partial charge in [0, 0.05) is 28.4 Å². The monoisotopic (exact) mass is 518 g/mol. The average Bonchev–Trinajstić information content (AvgIpc) is 2.82. The molecule has 4 amide bonds. The first kappa shape index (κ1) is 26.8. The topological polar surface area (TPSA) is 105 Å². The van der Waals surface area contributed by atoms with Gasteiger partial charge in [-0.3, -0.25) is 15.0 Å². The van der Waals surface area contributed by atoms with Crippen molar-refractivity contribution in [2.45, 2.75) is 64.5 Å². The second kappa shape index (κ2) is 11.3. The van der Waals surface area contributed by atoms with Gasteiger partial charge in [0.25, 0.3) is 0 Å². The highest BCUT2D eigenvalue weighted by molar-refractivity contribution is 6.30. The molecule has 4 N–H and O–H groups in total. The molecule has 0 saturated carbocycles. The number of primary amides is 1. The molecule has 35 heavy (non-hydrogen) atoms. The number of hydrazine groups is 1. The van der Waals surface area contributed by atoms with Gasteiger partial charge < -0.3 is 10.6 Å². The third kappa shape index (κ3) is 6.08. The van der Waals surface area contributed by atoms with E-state index < -0.39 is 17.4 Å². The lowest BCUT2D eigenvalue weighted by molar-refractivity contribution is -0.157. The summed E-state index contributed by atoms with van der Waals surface area (Å²) in [5.74, 6) is -0.715. The van der Waals surface area contributed by atoms with E-state index in [-0.39, 0.29) is 30.3 Å². The van der Waals surface area contributed by atoms with Gasteiger partial charge in [-0.25, -0.2) is 10.2 Å². The van der Waals surface area contributed by atoms with Crippen molar-refractivity contribution in [3.63, 3.8) is 0 Å². The smallest absolute Gasteiger partial charge is 0.330 e. The number of amides is 4. The van der Waals surface area contributed by atoms with Gasteiger partial charge in [-0.15, -0.1) is 0 Å². The molecule has 0 bridgehead atoms. The number of nitrogens with one attached hydrogen (secondary N) is 2. The first-order valence-electron chi connectivity index (χ1n) is 11.8. The zero-order chi connectivity index (χ0) is 25.8. The average molecular weight is 519 g/mol. The number of hydrogen-bond donors (Lipinski definition) is 3. The van der Waals surface area contributed by atoms with Crippen LogP contribution in [0.4, 0.5) is 4.79 Å². The summed E-state index contributed by atoms with van der Waals surface area (Å²) in [6, 6.07) is 14.1. The number of carbonyl (C=O) groups excluding carboxylic acids is 3. The predicted octanol–water partition coefficient (Wildman–Crippen LogP) is 5.34. The zero-order valence-corrected chi connectivity index (χ0v) is 21.7. The molecule has 0 spiro atoms. The van der Waals surface area contributed by atoms with Gasteiger partial charge in [0.15, 0.2) is 0 Å². The number of nitrogens with zero attached hydrogens (tertiary/aromatic N) is 1. The maximum atomic E-state index is 14.2. The number of halogens is 2. The van der Waals surface area contributed by atoms with Crippen LogP contribution in [0.1, 0.15) is 69.5 Å². The molecule has 3 rings (SSSR count). The minimum atomic E-state index is -1.01. The van der Waals surface area contributed by atoms with Crippen molar-refractivity contribution in [2.24, 2.45) is 11.1 Å². The van der Waals surface area contributed by atoms with Crippen molar-refractivity contribution in [2.75, 3.05) is 0 Å². The molecule has 9 heteroatoms. The quantitative estimate of drug-likeness (QED) is 0.431. The number of rotatable bonds is 7. The van der Waals surface area contributed by atoms with Gasteiger partial charge in [-0.2, -0.15) is 0 Å². The molecular weight excluding hydrogens is 487 g/mol. The van der Waals surface area contributed by atoms with Gasteiger partial charge >= 0.3 is 6.03 Å². The van der Waals surface area contributed by atoms with Crippen LogP contribution in [-0.2, 0) is 9.59 Å². The van der Waals surface area contributed by atoms with Crippen molar-refractivity contribution in [1.82, 2.24) is 15.8 Å². The summed E-state index contributed by atoms with van der Waals surface area (Å²) in [5.41, 5.74) is 10.4. The molecule has 1 fully saturated rings. The van der Waals surface area contributed by atoms with E-state index >= 15 is 0 Å². The molecule has 0 aliphatic carbocycles. The second-order valence-corrected chi connectivity index (χ2v) is 10.2. The van der Waals surface area contributed by atoms with Crippen LogP contribution >= 0.6 is 23.2 Å². The third-order valence-corrected chi connectivity index (χ3v) is 7.29. The molecule has 1 aliphatic heterocycles. The van der Waals surface area contributed by atoms with E-state index in [1.54, 1.807) is 0 Å². The molecule has 3 atom stereocenters. The minimum absolute atomic E-state index is 0.0312.